The first-order valence-electron chi connectivity index (χ1n) is 6.41. The summed E-state index contributed by atoms with van der Waals surface area (Å²) in [5.41, 5.74) is -0.0878. The van der Waals surface area contributed by atoms with Crippen molar-refractivity contribution in [1.29, 1.82) is 0 Å². The number of aliphatic hydroxyl groups is 1. The first kappa shape index (κ1) is 12.4. The van der Waals surface area contributed by atoms with E-state index in [2.05, 4.69) is 11.9 Å². The highest BCUT2D eigenvalue weighted by Crippen LogP contribution is 2.42. The van der Waals surface area contributed by atoms with Crippen LogP contribution in [-0.4, -0.2) is 17.2 Å². The number of hydrogen-bond acceptors (Lipinski definition) is 3. The summed E-state index contributed by atoms with van der Waals surface area (Å²) in [5, 5.41) is 10.7. The van der Waals surface area contributed by atoms with Crippen LogP contribution in [0.25, 0.3) is 0 Å². The van der Waals surface area contributed by atoms with Crippen molar-refractivity contribution >= 4 is 0 Å². The van der Waals surface area contributed by atoms with Gasteiger partial charge in [-0.1, -0.05) is 13.3 Å². The lowest BCUT2D eigenvalue weighted by atomic mass is 9.76. The van der Waals surface area contributed by atoms with Crippen molar-refractivity contribution in [2.24, 2.45) is 5.92 Å². The molecule has 1 saturated carbocycles. The molecule has 0 amide bonds. The van der Waals surface area contributed by atoms with Crippen LogP contribution in [0.2, 0.25) is 0 Å². The molecule has 1 aromatic heterocycles. The van der Waals surface area contributed by atoms with Gasteiger partial charge in [-0.2, -0.15) is 0 Å². The third-order valence-corrected chi connectivity index (χ3v) is 3.94. The Morgan fingerprint density at radius 1 is 1.47 bits per heavy atom. The summed E-state index contributed by atoms with van der Waals surface area (Å²) in [4.78, 5) is 4.32. The minimum Gasteiger partial charge on any atom is -0.495 e. The molecule has 1 fully saturated rings. The topological polar surface area (TPSA) is 42.4 Å². The zero-order valence-electron chi connectivity index (χ0n) is 10.6. The van der Waals surface area contributed by atoms with Crippen molar-refractivity contribution in [2.75, 3.05) is 7.11 Å². The van der Waals surface area contributed by atoms with Gasteiger partial charge < -0.3 is 9.84 Å². The van der Waals surface area contributed by atoms with Gasteiger partial charge in [0.25, 0.3) is 0 Å². The molecular weight excluding hydrogens is 214 g/mol. The number of methoxy groups -OCH3 is 1. The SMILES string of the molecule is CCC1CCC(O)(c2ncccc2OC)CC1. The van der Waals surface area contributed by atoms with Crippen molar-refractivity contribution in [3.8, 4) is 5.75 Å². The summed E-state index contributed by atoms with van der Waals surface area (Å²) in [6.45, 7) is 2.22. The second kappa shape index (κ2) is 5.05. The molecule has 0 aromatic carbocycles. The minimum absolute atomic E-state index is 0.699. The zero-order chi connectivity index (χ0) is 12.3. The molecule has 0 unspecified atom stereocenters. The van der Waals surface area contributed by atoms with Gasteiger partial charge in [0.2, 0.25) is 0 Å². The van der Waals surface area contributed by atoms with E-state index in [-0.39, 0.29) is 0 Å². The zero-order valence-corrected chi connectivity index (χ0v) is 10.6. The Bertz CT molecular complexity index is 370. The van der Waals surface area contributed by atoms with Crippen LogP contribution in [0, 0.1) is 5.92 Å². The lowest BCUT2D eigenvalue weighted by molar-refractivity contribution is -0.0201. The van der Waals surface area contributed by atoms with Crippen LogP contribution in [0.1, 0.15) is 44.7 Å². The molecule has 94 valence electrons. The van der Waals surface area contributed by atoms with E-state index in [0.29, 0.717) is 11.4 Å². The molecule has 17 heavy (non-hydrogen) atoms. The van der Waals surface area contributed by atoms with Gasteiger partial charge in [0, 0.05) is 6.20 Å². The summed E-state index contributed by atoms with van der Waals surface area (Å²) < 4.78 is 5.29. The summed E-state index contributed by atoms with van der Waals surface area (Å²) >= 11 is 0. The summed E-state index contributed by atoms with van der Waals surface area (Å²) in [6, 6.07) is 3.70. The second-order valence-corrected chi connectivity index (χ2v) is 4.94. The highest BCUT2D eigenvalue weighted by atomic mass is 16.5. The van der Waals surface area contributed by atoms with E-state index in [9.17, 15) is 5.11 Å². The van der Waals surface area contributed by atoms with Crippen LogP contribution < -0.4 is 4.74 Å². The molecule has 0 saturated heterocycles. The van der Waals surface area contributed by atoms with Crippen molar-refractivity contribution in [1.82, 2.24) is 4.98 Å². The summed E-state index contributed by atoms with van der Waals surface area (Å²) in [7, 11) is 1.63. The maximum absolute atomic E-state index is 10.7. The molecule has 0 bridgehead atoms. The molecule has 0 aliphatic heterocycles. The lowest BCUT2D eigenvalue weighted by Gasteiger charge is -2.35. The molecule has 1 heterocycles. The first-order valence-corrected chi connectivity index (χ1v) is 6.41. The number of rotatable bonds is 3. The number of nitrogens with zero attached hydrogens (tertiary/aromatic N) is 1. The van der Waals surface area contributed by atoms with Crippen LogP contribution in [0.4, 0.5) is 0 Å². The minimum atomic E-state index is -0.793. The van der Waals surface area contributed by atoms with Crippen molar-refractivity contribution in [3.63, 3.8) is 0 Å². The van der Waals surface area contributed by atoms with Gasteiger partial charge in [-0.15, -0.1) is 0 Å². The predicted molar refractivity (Wildman–Crippen MR) is 66.9 cm³/mol. The Morgan fingerprint density at radius 2 is 2.18 bits per heavy atom. The number of pyridine rings is 1. The Morgan fingerprint density at radius 3 is 2.76 bits per heavy atom. The highest BCUT2D eigenvalue weighted by molar-refractivity contribution is 5.32. The standard InChI is InChI=1S/C14H21NO2/c1-3-11-6-8-14(16,9-7-11)13-12(17-2)5-4-10-15-13/h4-5,10-11,16H,3,6-9H2,1-2H3. The summed E-state index contributed by atoms with van der Waals surface area (Å²) in [5.74, 6) is 1.45. The molecule has 1 aromatic rings. The molecule has 2 rings (SSSR count). The van der Waals surface area contributed by atoms with Crippen molar-refractivity contribution in [2.45, 2.75) is 44.6 Å². The Hall–Kier alpha value is -1.09. The smallest absolute Gasteiger partial charge is 0.143 e. The van der Waals surface area contributed by atoms with Gasteiger partial charge in [-0.3, -0.25) is 4.98 Å². The fraction of sp³-hybridized carbons (Fsp3) is 0.643. The molecule has 3 nitrogen and oxygen atoms in total. The van der Waals surface area contributed by atoms with Crippen LogP contribution in [0.5, 0.6) is 5.75 Å². The second-order valence-electron chi connectivity index (χ2n) is 4.94. The molecule has 0 atom stereocenters. The van der Waals surface area contributed by atoms with Crippen LogP contribution in [0.3, 0.4) is 0 Å². The highest BCUT2D eigenvalue weighted by Gasteiger charge is 2.37. The fourth-order valence-corrected chi connectivity index (χ4v) is 2.70. The molecule has 0 radical (unpaired) electrons. The van der Waals surface area contributed by atoms with E-state index in [1.807, 2.05) is 12.1 Å². The fourth-order valence-electron chi connectivity index (χ4n) is 2.70. The third kappa shape index (κ3) is 2.44. The Kier molecular flexibility index (Phi) is 3.67. The van der Waals surface area contributed by atoms with Crippen LogP contribution in [0.15, 0.2) is 18.3 Å². The van der Waals surface area contributed by atoms with Crippen molar-refractivity contribution in [3.05, 3.63) is 24.0 Å². The van der Waals surface area contributed by atoms with Gasteiger partial charge in [0.15, 0.2) is 0 Å². The lowest BCUT2D eigenvalue weighted by Crippen LogP contribution is -2.32. The average molecular weight is 235 g/mol. The molecular formula is C14H21NO2. The Labute approximate surface area is 103 Å². The molecule has 0 spiro atoms. The average Bonchev–Trinajstić information content (AvgIpc) is 2.39. The normalized spacial score (nSPS) is 29.0. The molecule has 1 aliphatic carbocycles. The van der Waals surface area contributed by atoms with E-state index in [1.165, 1.54) is 6.42 Å². The largest absolute Gasteiger partial charge is 0.495 e. The van der Waals surface area contributed by atoms with Gasteiger partial charge in [-0.05, 0) is 43.7 Å². The van der Waals surface area contributed by atoms with E-state index < -0.39 is 5.60 Å². The van der Waals surface area contributed by atoms with E-state index in [4.69, 9.17) is 4.74 Å². The predicted octanol–water partition coefficient (Wildman–Crippen LogP) is 2.88. The van der Waals surface area contributed by atoms with Gasteiger partial charge in [0.05, 0.1) is 7.11 Å². The Balaban J connectivity index is 2.21. The van der Waals surface area contributed by atoms with Crippen LogP contribution in [-0.2, 0) is 5.60 Å². The first-order chi connectivity index (χ1) is 8.19. The van der Waals surface area contributed by atoms with Gasteiger partial charge in [-0.25, -0.2) is 0 Å². The number of aromatic nitrogens is 1. The number of hydrogen-bond donors (Lipinski definition) is 1. The summed E-state index contributed by atoms with van der Waals surface area (Å²) in [6.07, 6.45) is 6.66. The maximum atomic E-state index is 10.7. The van der Waals surface area contributed by atoms with E-state index >= 15 is 0 Å². The van der Waals surface area contributed by atoms with Gasteiger partial charge >= 0.3 is 0 Å². The van der Waals surface area contributed by atoms with Gasteiger partial charge in [0.1, 0.15) is 17.0 Å². The van der Waals surface area contributed by atoms with E-state index in [1.54, 1.807) is 13.3 Å². The quantitative estimate of drug-likeness (QED) is 0.876. The molecule has 3 heteroatoms. The van der Waals surface area contributed by atoms with Crippen LogP contribution >= 0.6 is 0 Å². The molecule has 1 N–H and O–H groups in total. The molecule has 1 aliphatic rings. The monoisotopic (exact) mass is 235 g/mol. The van der Waals surface area contributed by atoms with Crippen molar-refractivity contribution < 1.29 is 9.84 Å². The maximum Gasteiger partial charge on any atom is 0.143 e. The van der Waals surface area contributed by atoms with E-state index in [0.717, 1.165) is 31.6 Å². The number of ether oxygens (including phenoxy) is 1. The third-order valence-electron chi connectivity index (χ3n) is 3.94.